The Morgan fingerprint density at radius 1 is 0.957 bits per heavy atom. The molecule has 4 aliphatic heterocycles. The molecule has 2 aromatic rings. The van der Waals surface area contributed by atoms with Crippen LogP contribution in [0.4, 0.5) is 0 Å². The van der Waals surface area contributed by atoms with Gasteiger partial charge in [-0.25, -0.2) is 4.79 Å². The van der Waals surface area contributed by atoms with Crippen LogP contribution >= 0.6 is 0 Å². The van der Waals surface area contributed by atoms with Crippen LogP contribution in [-0.4, -0.2) is 107 Å². The van der Waals surface area contributed by atoms with Crippen LogP contribution in [0.5, 0.6) is 23.0 Å². The molecule has 2 spiro atoms. The highest BCUT2D eigenvalue weighted by Crippen LogP contribution is 2.65. The molecule has 9 atom stereocenters. The number of rotatable bonds is 4. The molecule has 4 bridgehead atoms. The first-order chi connectivity index (χ1) is 22.7. The number of hydrogen-bond acceptors (Lipinski definition) is 11. The summed E-state index contributed by atoms with van der Waals surface area (Å²) in [7, 11) is 4.22. The molecule has 4 heterocycles. The van der Waals surface area contributed by atoms with Gasteiger partial charge in [0, 0.05) is 34.5 Å². The van der Waals surface area contributed by atoms with Crippen LogP contribution in [-0.2, 0) is 38.0 Å². The maximum absolute atomic E-state index is 13.3. The van der Waals surface area contributed by atoms with E-state index >= 15 is 0 Å². The Morgan fingerprint density at radius 2 is 1.70 bits per heavy atom. The van der Waals surface area contributed by atoms with E-state index in [-0.39, 0.29) is 28.9 Å². The summed E-state index contributed by atoms with van der Waals surface area (Å²) in [6, 6.07) is 7.57. The average Bonchev–Trinajstić information content (AvgIpc) is 3.59. The minimum absolute atomic E-state index is 0.0592. The van der Waals surface area contributed by atoms with Gasteiger partial charge in [-0.05, 0) is 95.0 Å². The highest BCUT2D eigenvalue weighted by atomic mass is 16.7. The lowest BCUT2D eigenvalue weighted by Crippen LogP contribution is -2.76. The Morgan fingerprint density at radius 3 is 2.51 bits per heavy atom. The summed E-state index contributed by atoms with van der Waals surface area (Å²) in [6.45, 7) is 1.28. The number of nitrogens with zero attached hydrogens (tertiary/aromatic N) is 3. The van der Waals surface area contributed by atoms with Crippen molar-refractivity contribution in [1.82, 2.24) is 9.80 Å². The molecule has 0 radical (unpaired) electrons. The number of likely N-dealkylation sites (tertiary alicyclic amines) is 2. The predicted octanol–water partition coefficient (Wildman–Crippen LogP) is 2.31. The van der Waals surface area contributed by atoms with Crippen LogP contribution in [0.2, 0.25) is 0 Å². The monoisotopic (exact) mass is 641 g/mol. The molecule has 246 valence electrons. The first kappa shape index (κ1) is 28.2. The fraction of sp³-hybridized carbons (Fsp3) is 0.556. The number of phenols is 2. The number of ether oxygens (including phenoxy) is 3. The molecule has 5 unspecified atom stereocenters. The topological polar surface area (TPSA) is 134 Å². The zero-order valence-electron chi connectivity index (χ0n) is 26.5. The van der Waals surface area contributed by atoms with Crippen LogP contribution in [0.15, 0.2) is 41.6 Å². The predicted molar refractivity (Wildman–Crippen MR) is 168 cm³/mol. The maximum atomic E-state index is 13.3. The number of carbonyl (C=O) groups is 1. The Balaban J connectivity index is 0.905. The summed E-state index contributed by atoms with van der Waals surface area (Å²) >= 11 is 0. The van der Waals surface area contributed by atoms with Crippen LogP contribution in [0.1, 0.15) is 47.9 Å². The van der Waals surface area contributed by atoms with E-state index in [4.69, 9.17) is 19.0 Å². The Kier molecular flexibility index (Phi) is 5.53. The van der Waals surface area contributed by atoms with Crippen molar-refractivity contribution in [1.29, 1.82) is 0 Å². The van der Waals surface area contributed by atoms with Crippen molar-refractivity contribution >= 4 is 11.7 Å². The molecule has 0 aromatic heterocycles. The van der Waals surface area contributed by atoms with Gasteiger partial charge in [-0.3, -0.25) is 0 Å². The average molecular weight is 642 g/mol. The normalized spacial score (nSPS) is 40.7. The number of likely N-dealkylation sites (N-methyl/N-ethyl adjacent to an activating group) is 2. The van der Waals surface area contributed by atoms with Gasteiger partial charge in [0.25, 0.3) is 0 Å². The highest BCUT2D eigenvalue weighted by molar-refractivity contribution is 5.94. The number of esters is 1. The van der Waals surface area contributed by atoms with Gasteiger partial charge in [-0.1, -0.05) is 23.4 Å². The fourth-order valence-electron chi connectivity index (χ4n) is 11.3. The molecule has 1 saturated carbocycles. The minimum atomic E-state index is -1.04. The van der Waals surface area contributed by atoms with E-state index in [0.717, 1.165) is 42.6 Å². The van der Waals surface area contributed by atoms with Crippen LogP contribution < -0.4 is 9.47 Å². The second-order valence-corrected chi connectivity index (χ2v) is 15.0. The zero-order valence-corrected chi connectivity index (χ0v) is 26.5. The molecule has 11 nitrogen and oxygen atoms in total. The smallest absolute Gasteiger partial charge is 0.347 e. The zero-order chi connectivity index (χ0) is 32.0. The number of piperidine rings is 2. The number of carbonyl (C=O) groups excluding carboxylic acids is 1. The van der Waals surface area contributed by atoms with Gasteiger partial charge in [-0.15, -0.1) is 0 Å². The Hall–Kier alpha value is -3.80. The molecule has 4 aliphatic carbocycles. The van der Waals surface area contributed by atoms with Crippen LogP contribution in [0, 0.1) is 5.92 Å². The summed E-state index contributed by atoms with van der Waals surface area (Å²) in [6.07, 6.45) is 6.40. The quantitative estimate of drug-likeness (QED) is 0.260. The molecular weight excluding hydrogens is 602 g/mol. The molecule has 10 rings (SSSR count). The lowest BCUT2D eigenvalue weighted by Gasteiger charge is -2.62. The molecule has 8 aliphatic rings. The lowest BCUT2D eigenvalue weighted by molar-refractivity contribution is -0.163. The van der Waals surface area contributed by atoms with Gasteiger partial charge < -0.3 is 44.2 Å². The third-order valence-corrected chi connectivity index (χ3v) is 13.3. The Bertz CT molecular complexity index is 1810. The van der Waals surface area contributed by atoms with Crippen molar-refractivity contribution in [3.8, 4) is 23.0 Å². The lowest BCUT2D eigenvalue weighted by atomic mass is 9.49. The third-order valence-electron chi connectivity index (χ3n) is 13.3. The number of hydrogen-bond donors (Lipinski definition) is 3. The highest BCUT2D eigenvalue weighted by Gasteiger charge is 2.72. The number of benzene rings is 2. The van der Waals surface area contributed by atoms with Gasteiger partial charge in [0.15, 0.2) is 35.2 Å². The molecular formula is C36H39N3O8. The minimum Gasteiger partial charge on any atom is -0.504 e. The number of phenolic OH excluding ortho intramolecular Hbond substituents is 2. The first-order valence-corrected chi connectivity index (χ1v) is 16.9. The molecule has 0 amide bonds. The summed E-state index contributed by atoms with van der Waals surface area (Å²) in [5.74, 6) is 0.756. The van der Waals surface area contributed by atoms with Crippen molar-refractivity contribution in [2.24, 2.45) is 11.1 Å². The standard InChI is InChI=1S/C36H39N3O8/c1-38-13-11-34-20-5-8-25(33(34)47-30-23(40)6-3-18(28(30)34)15-22(20)38)45-27(42)17-44-37-21-9-10-36(43)26-16-19-4-7-24(41)31-29(19)35(36,32(21)46-31)12-14-39(26)2/h3-8,20,22,25-26,32-33,40-41,43H,9-17H2,1-2H3/b37-21+/t20?,22?,25-,26?,32?,33?,34-,35-,36+/m0/s1. The largest absolute Gasteiger partial charge is 0.504 e. The van der Waals surface area contributed by atoms with Gasteiger partial charge >= 0.3 is 5.97 Å². The summed E-state index contributed by atoms with van der Waals surface area (Å²) in [5.41, 5.74) is 2.70. The number of aliphatic hydroxyl groups is 1. The van der Waals surface area contributed by atoms with Crippen molar-refractivity contribution < 1.29 is 39.2 Å². The summed E-state index contributed by atoms with van der Waals surface area (Å²) in [4.78, 5) is 23.6. The maximum Gasteiger partial charge on any atom is 0.347 e. The van der Waals surface area contributed by atoms with E-state index in [2.05, 4.69) is 35.1 Å². The molecule has 11 heteroatoms. The van der Waals surface area contributed by atoms with Gasteiger partial charge in [0.1, 0.15) is 6.10 Å². The van der Waals surface area contributed by atoms with E-state index in [1.165, 1.54) is 5.56 Å². The molecule has 3 N–H and O–H groups in total. The van der Waals surface area contributed by atoms with E-state index in [1.54, 1.807) is 12.1 Å². The second kappa shape index (κ2) is 9.21. The molecule has 2 saturated heterocycles. The molecule has 3 fully saturated rings. The SMILES string of the molecule is CN1CC[C@]23c4c5ccc(O)c4OC2[C@@H](OC(=O)CO/N=C2\CC[C@@]4(O)C6Cc7ccc(O)c8c7[C@@]4(CCN6C)C2O8)C=CC3C1C5. The summed E-state index contributed by atoms with van der Waals surface area (Å²) in [5, 5.41) is 38.4. The van der Waals surface area contributed by atoms with Crippen LogP contribution in [0.3, 0.4) is 0 Å². The number of aromatic hydroxyl groups is 2. The van der Waals surface area contributed by atoms with Gasteiger partial charge in [0.2, 0.25) is 6.61 Å². The van der Waals surface area contributed by atoms with Crippen molar-refractivity contribution in [2.45, 2.75) is 85.4 Å². The van der Waals surface area contributed by atoms with E-state index in [1.807, 2.05) is 18.2 Å². The second-order valence-electron chi connectivity index (χ2n) is 15.0. The van der Waals surface area contributed by atoms with Gasteiger partial charge in [-0.2, -0.15) is 0 Å². The van der Waals surface area contributed by atoms with E-state index in [9.17, 15) is 20.1 Å². The fourth-order valence-corrected chi connectivity index (χ4v) is 11.3. The van der Waals surface area contributed by atoms with E-state index in [0.29, 0.717) is 48.9 Å². The molecule has 2 aromatic carbocycles. The third kappa shape index (κ3) is 3.28. The molecule has 47 heavy (non-hydrogen) atoms. The summed E-state index contributed by atoms with van der Waals surface area (Å²) < 4.78 is 19.0. The van der Waals surface area contributed by atoms with Crippen molar-refractivity contribution in [2.75, 3.05) is 33.8 Å². The first-order valence-electron chi connectivity index (χ1n) is 16.9. The number of oxime groups is 1. The van der Waals surface area contributed by atoms with E-state index < -0.39 is 41.9 Å². The van der Waals surface area contributed by atoms with Gasteiger partial charge in [0.05, 0.1) is 16.7 Å². The Labute approximate surface area is 272 Å². The van der Waals surface area contributed by atoms with Crippen molar-refractivity contribution in [3.05, 3.63) is 58.7 Å². The van der Waals surface area contributed by atoms with Crippen LogP contribution in [0.25, 0.3) is 0 Å². The van der Waals surface area contributed by atoms with Crippen molar-refractivity contribution in [3.63, 3.8) is 0 Å².